The normalized spacial score (nSPS) is 36.5. The van der Waals surface area contributed by atoms with E-state index < -0.39 is 5.97 Å². The predicted octanol–water partition coefficient (Wildman–Crippen LogP) is 0.522. The average Bonchev–Trinajstić information content (AvgIpc) is 2.76. The maximum absolute atomic E-state index is 10.9. The van der Waals surface area contributed by atoms with Crippen LogP contribution < -0.4 is 5.73 Å². The fourth-order valence-corrected chi connectivity index (χ4v) is 3.19. The van der Waals surface area contributed by atoms with E-state index in [-0.39, 0.29) is 5.92 Å². The number of nitrogens with zero attached hydrogens (tertiary/aromatic N) is 1. The summed E-state index contributed by atoms with van der Waals surface area (Å²) < 4.78 is 0. The molecule has 3 N–H and O–H groups in total. The van der Waals surface area contributed by atoms with Crippen LogP contribution in [0.15, 0.2) is 0 Å². The predicted molar refractivity (Wildman–Crippen MR) is 57.5 cm³/mol. The summed E-state index contributed by atoms with van der Waals surface area (Å²) in [6.07, 6.45) is 4.00. The van der Waals surface area contributed by atoms with Crippen LogP contribution in [0.1, 0.15) is 25.7 Å². The highest BCUT2D eigenvalue weighted by Gasteiger charge is 2.45. The first kappa shape index (κ1) is 10.9. The van der Waals surface area contributed by atoms with Gasteiger partial charge < -0.3 is 15.7 Å². The second-order valence-corrected chi connectivity index (χ2v) is 5.09. The fourth-order valence-electron chi connectivity index (χ4n) is 3.19. The number of hydrogen-bond donors (Lipinski definition) is 2. The van der Waals surface area contributed by atoms with E-state index in [0.29, 0.717) is 12.0 Å². The molecule has 4 heteroatoms. The largest absolute Gasteiger partial charge is 0.481 e. The van der Waals surface area contributed by atoms with E-state index in [4.69, 9.17) is 10.8 Å². The average molecular weight is 212 g/mol. The lowest BCUT2D eigenvalue weighted by molar-refractivity contribution is -0.141. The lowest BCUT2D eigenvalue weighted by Crippen LogP contribution is -2.30. The Kier molecular flexibility index (Phi) is 2.98. The van der Waals surface area contributed by atoms with Gasteiger partial charge in [-0.1, -0.05) is 0 Å². The van der Waals surface area contributed by atoms with Gasteiger partial charge in [0, 0.05) is 19.6 Å². The van der Waals surface area contributed by atoms with Gasteiger partial charge in [0.2, 0.25) is 0 Å². The van der Waals surface area contributed by atoms with E-state index >= 15 is 0 Å². The van der Waals surface area contributed by atoms with Crippen molar-refractivity contribution in [3.05, 3.63) is 0 Å². The minimum Gasteiger partial charge on any atom is -0.481 e. The standard InChI is InChI=1S/C11H20N2O2/c12-4-6-13-5-3-11(8-13)2-1-9(7-11)10(14)15/h9H,1-8,12H2,(H,14,15)/t9-,11-/m0/s1. The molecule has 0 aromatic rings. The molecule has 15 heavy (non-hydrogen) atoms. The third-order valence-corrected chi connectivity index (χ3v) is 4.01. The molecular formula is C11H20N2O2. The fraction of sp³-hybridized carbons (Fsp3) is 0.909. The number of aliphatic carboxylic acids is 1. The van der Waals surface area contributed by atoms with Crippen molar-refractivity contribution >= 4 is 5.97 Å². The molecule has 86 valence electrons. The molecule has 4 nitrogen and oxygen atoms in total. The van der Waals surface area contributed by atoms with Crippen LogP contribution in [0.5, 0.6) is 0 Å². The van der Waals surface area contributed by atoms with Crippen LogP contribution in [0, 0.1) is 11.3 Å². The summed E-state index contributed by atoms with van der Waals surface area (Å²) in [5.41, 5.74) is 5.84. The van der Waals surface area contributed by atoms with E-state index in [1.165, 1.54) is 0 Å². The third kappa shape index (κ3) is 2.16. The molecule has 0 aromatic heterocycles. The van der Waals surface area contributed by atoms with Crippen LogP contribution in [0.3, 0.4) is 0 Å². The van der Waals surface area contributed by atoms with Crippen molar-refractivity contribution in [3.63, 3.8) is 0 Å². The second-order valence-electron chi connectivity index (χ2n) is 5.09. The lowest BCUT2D eigenvalue weighted by Gasteiger charge is -2.23. The molecule has 0 amide bonds. The minimum atomic E-state index is -0.607. The molecule has 1 saturated heterocycles. The molecule has 2 aliphatic rings. The van der Waals surface area contributed by atoms with Gasteiger partial charge in [-0.2, -0.15) is 0 Å². The zero-order valence-corrected chi connectivity index (χ0v) is 9.11. The summed E-state index contributed by atoms with van der Waals surface area (Å²) in [7, 11) is 0. The topological polar surface area (TPSA) is 66.6 Å². The van der Waals surface area contributed by atoms with Gasteiger partial charge in [0.05, 0.1) is 5.92 Å². The number of nitrogens with two attached hydrogens (primary N) is 1. The van der Waals surface area contributed by atoms with Gasteiger partial charge in [-0.05, 0) is 37.6 Å². The van der Waals surface area contributed by atoms with E-state index in [1.807, 2.05) is 0 Å². The quantitative estimate of drug-likeness (QED) is 0.716. The Morgan fingerprint density at radius 1 is 1.53 bits per heavy atom. The molecule has 0 unspecified atom stereocenters. The molecule has 1 heterocycles. The Balaban J connectivity index is 1.92. The van der Waals surface area contributed by atoms with Crippen LogP contribution in [0.2, 0.25) is 0 Å². The first-order chi connectivity index (χ1) is 7.15. The first-order valence-corrected chi connectivity index (χ1v) is 5.80. The smallest absolute Gasteiger partial charge is 0.306 e. The first-order valence-electron chi connectivity index (χ1n) is 5.80. The highest BCUT2D eigenvalue weighted by atomic mass is 16.4. The van der Waals surface area contributed by atoms with Gasteiger partial charge in [-0.25, -0.2) is 0 Å². The van der Waals surface area contributed by atoms with Crippen molar-refractivity contribution < 1.29 is 9.90 Å². The van der Waals surface area contributed by atoms with Gasteiger partial charge >= 0.3 is 5.97 Å². The molecule has 1 aliphatic carbocycles. The summed E-state index contributed by atoms with van der Waals surface area (Å²) >= 11 is 0. The van der Waals surface area contributed by atoms with E-state index in [9.17, 15) is 4.79 Å². The van der Waals surface area contributed by atoms with Gasteiger partial charge in [-0.3, -0.25) is 4.79 Å². The third-order valence-electron chi connectivity index (χ3n) is 4.01. The summed E-state index contributed by atoms with van der Waals surface area (Å²) in [6.45, 7) is 3.83. The van der Waals surface area contributed by atoms with Gasteiger partial charge in [-0.15, -0.1) is 0 Å². The summed E-state index contributed by atoms with van der Waals surface area (Å²) in [5.74, 6) is -0.702. The van der Waals surface area contributed by atoms with Crippen LogP contribution in [-0.4, -0.2) is 42.2 Å². The van der Waals surface area contributed by atoms with Gasteiger partial charge in [0.15, 0.2) is 0 Å². The summed E-state index contributed by atoms with van der Waals surface area (Å²) in [4.78, 5) is 13.3. The van der Waals surface area contributed by atoms with Crippen LogP contribution in [0.25, 0.3) is 0 Å². The van der Waals surface area contributed by atoms with Crippen molar-refractivity contribution in [2.45, 2.75) is 25.7 Å². The van der Waals surface area contributed by atoms with Crippen molar-refractivity contribution in [2.24, 2.45) is 17.1 Å². The van der Waals surface area contributed by atoms with Crippen molar-refractivity contribution in [1.29, 1.82) is 0 Å². The number of rotatable bonds is 3. The van der Waals surface area contributed by atoms with Crippen molar-refractivity contribution in [2.75, 3.05) is 26.2 Å². The molecule has 2 atom stereocenters. The summed E-state index contributed by atoms with van der Waals surface area (Å²) in [5, 5.41) is 8.99. The molecule has 1 saturated carbocycles. The number of hydrogen-bond acceptors (Lipinski definition) is 3. The highest BCUT2D eigenvalue weighted by Crippen LogP contribution is 2.47. The van der Waals surface area contributed by atoms with E-state index in [2.05, 4.69) is 4.90 Å². The maximum Gasteiger partial charge on any atom is 0.306 e. The molecule has 1 aliphatic heterocycles. The molecule has 0 bridgehead atoms. The Morgan fingerprint density at radius 2 is 2.33 bits per heavy atom. The van der Waals surface area contributed by atoms with Crippen molar-refractivity contribution in [1.82, 2.24) is 4.90 Å². The Morgan fingerprint density at radius 3 is 2.93 bits per heavy atom. The van der Waals surface area contributed by atoms with E-state index in [0.717, 1.165) is 45.3 Å². The molecule has 1 spiro atoms. The monoisotopic (exact) mass is 212 g/mol. The van der Waals surface area contributed by atoms with Crippen LogP contribution in [-0.2, 0) is 4.79 Å². The highest BCUT2D eigenvalue weighted by molar-refractivity contribution is 5.70. The summed E-state index contributed by atoms with van der Waals surface area (Å²) in [6, 6.07) is 0. The number of carboxylic acid groups (broad SMARTS) is 1. The number of carbonyl (C=O) groups is 1. The molecule has 2 rings (SSSR count). The Labute approximate surface area is 90.4 Å². The lowest BCUT2D eigenvalue weighted by atomic mass is 9.84. The SMILES string of the molecule is NCCN1CC[C@]2(CC[C@H](C(=O)O)C2)C1. The van der Waals surface area contributed by atoms with Gasteiger partial charge in [0.1, 0.15) is 0 Å². The van der Waals surface area contributed by atoms with Crippen molar-refractivity contribution in [3.8, 4) is 0 Å². The van der Waals surface area contributed by atoms with Crippen LogP contribution in [0.4, 0.5) is 0 Å². The molecule has 2 fully saturated rings. The zero-order valence-electron chi connectivity index (χ0n) is 9.11. The van der Waals surface area contributed by atoms with Gasteiger partial charge in [0.25, 0.3) is 0 Å². The Hall–Kier alpha value is -0.610. The zero-order chi connectivity index (χ0) is 10.9. The maximum atomic E-state index is 10.9. The Bertz CT molecular complexity index is 257. The second kappa shape index (κ2) is 4.10. The van der Waals surface area contributed by atoms with E-state index in [1.54, 1.807) is 0 Å². The van der Waals surface area contributed by atoms with Crippen LogP contribution >= 0.6 is 0 Å². The minimum absolute atomic E-state index is 0.0946. The molecule has 0 radical (unpaired) electrons. The molecule has 0 aromatic carbocycles. The molecular weight excluding hydrogens is 192 g/mol. The number of carboxylic acids is 1. The number of likely N-dealkylation sites (tertiary alicyclic amines) is 1.